The molecule has 0 fully saturated rings. The van der Waals surface area contributed by atoms with Gasteiger partial charge < -0.3 is 9.84 Å². The molecule has 0 aliphatic carbocycles. The highest BCUT2D eigenvalue weighted by atomic mass is 35.5. The van der Waals surface area contributed by atoms with Crippen molar-refractivity contribution in [3.8, 4) is 5.75 Å². The van der Waals surface area contributed by atoms with E-state index in [4.69, 9.17) is 21.4 Å². The molecule has 0 spiro atoms. The van der Waals surface area contributed by atoms with Gasteiger partial charge in [-0.3, -0.25) is 4.84 Å². The quantitative estimate of drug-likeness (QED) is 0.375. The second-order valence-electron chi connectivity index (χ2n) is 4.89. The fraction of sp³-hybridized carbons (Fsp3) is 0.235. The van der Waals surface area contributed by atoms with Crippen LogP contribution < -0.4 is 0 Å². The highest BCUT2D eigenvalue weighted by Gasteiger charge is 2.19. The SMILES string of the molecule is CCOC(=O)c1ccc(CO[N+](Cl)=C(C)c2ncccc2O)cc1. The van der Waals surface area contributed by atoms with Crippen molar-refractivity contribution in [3.63, 3.8) is 0 Å². The number of aromatic hydroxyl groups is 1. The Kier molecular flexibility index (Phi) is 6.14. The van der Waals surface area contributed by atoms with Crippen LogP contribution in [0.2, 0.25) is 0 Å². The van der Waals surface area contributed by atoms with Gasteiger partial charge in [0.25, 0.3) is 5.71 Å². The Morgan fingerprint density at radius 2 is 2.00 bits per heavy atom. The van der Waals surface area contributed by atoms with Crippen LogP contribution in [0.1, 0.15) is 35.5 Å². The molecule has 0 amide bonds. The van der Waals surface area contributed by atoms with Crippen LogP contribution in [0.3, 0.4) is 0 Å². The topological polar surface area (TPSA) is 71.7 Å². The molecule has 24 heavy (non-hydrogen) atoms. The minimum atomic E-state index is -0.362. The molecule has 2 aromatic rings. The maximum atomic E-state index is 11.6. The van der Waals surface area contributed by atoms with Crippen LogP contribution in [0.5, 0.6) is 5.75 Å². The second kappa shape index (κ2) is 8.31. The summed E-state index contributed by atoms with van der Waals surface area (Å²) < 4.78 is 5.95. The molecule has 0 atom stereocenters. The van der Waals surface area contributed by atoms with Gasteiger partial charge in [0.05, 0.1) is 16.4 Å². The van der Waals surface area contributed by atoms with Crippen molar-refractivity contribution in [3.05, 3.63) is 59.4 Å². The Hall–Kier alpha value is -2.60. The lowest BCUT2D eigenvalue weighted by Crippen LogP contribution is -2.13. The molecule has 0 aliphatic heterocycles. The van der Waals surface area contributed by atoms with E-state index in [0.29, 0.717) is 23.6 Å². The van der Waals surface area contributed by atoms with E-state index in [-0.39, 0.29) is 18.3 Å². The lowest BCUT2D eigenvalue weighted by molar-refractivity contribution is -0.688. The summed E-state index contributed by atoms with van der Waals surface area (Å²) >= 11 is 6.06. The summed E-state index contributed by atoms with van der Waals surface area (Å²) in [6.07, 6.45) is 1.55. The molecule has 1 N–H and O–H groups in total. The van der Waals surface area contributed by atoms with Crippen molar-refractivity contribution in [1.82, 2.24) is 4.98 Å². The summed E-state index contributed by atoms with van der Waals surface area (Å²) in [5.74, 6) is -0.346. The van der Waals surface area contributed by atoms with Gasteiger partial charge in [-0.1, -0.05) is 12.1 Å². The van der Waals surface area contributed by atoms with Gasteiger partial charge in [-0.2, -0.15) is 0 Å². The molecule has 7 heteroatoms. The third-order valence-electron chi connectivity index (χ3n) is 3.20. The predicted octanol–water partition coefficient (Wildman–Crippen LogP) is 3.07. The van der Waals surface area contributed by atoms with Crippen molar-refractivity contribution >= 4 is 23.5 Å². The van der Waals surface area contributed by atoms with Crippen molar-refractivity contribution in [2.24, 2.45) is 0 Å². The average molecular weight is 350 g/mol. The van der Waals surface area contributed by atoms with E-state index in [1.165, 1.54) is 6.07 Å². The molecule has 6 nitrogen and oxygen atoms in total. The summed E-state index contributed by atoms with van der Waals surface area (Å²) in [5.41, 5.74) is 2.10. The van der Waals surface area contributed by atoms with Gasteiger partial charge in [-0.25, -0.2) is 9.78 Å². The Morgan fingerprint density at radius 3 is 2.62 bits per heavy atom. The smallest absolute Gasteiger partial charge is 0.338 e. The van der Waals surface area contributed by atoms with Crippen LogP contribution in [0, 0.1) is 0 Å². The fourth-order valence-electron chi connectivity index (χ4n) is 1.94. The zero-order valence-electron chi connectivity index (χ0n) is 13.4. The van der Waals surface area contributed by atoms with E-state index in [9.17, 15) is 9.90 Å². The second-order valence-corrected chi connectivity index (χ2v) is 5.20. The monoisotopic (exact) mass is 349 g/mol. The average Bonchev–Trinajstić information content (AvgIpc) is 2.60. The minimum absolute atomic E-state index is 0.0167. The van der Waals surface area contributed by atoms with E-state index in [1.54, 1.807) is 50.4 Å². The highest BCUT2D eigenvalue weighted by Crippen LogP contribution is 2.15. The molecule has 2 rings (SSSR count). The molecular formula is C17H18ClN2O4+. The lowest BCUT2D eigenvalue weighted by atomic mass is 10.1. The normalized spacial score (nSPS) is 11.6. The van der Waals surface area contributed by atoms with Crippen LogP contribution in [-0.2, 0) is 16.2 Å². The summed E-state index contributed by atoms with van der Waals surface area (Å²) in [4.78, 5) is 21.1. The van der Waals surface area contributed by atoms with Crippen LogP contribution >= 0.6 is 11.8 Å². The van der Waals surface area contributed by atoms with Crippen molar-refractivity contribution in [2.45, 2.75) is 20.5 Å². The Bertz CT molecular complexity index is 745. The van der Waals surface area contributed by atoms with Gasteiger partial charge in [-0.15, -0.1) is 0 Å². The number of ether oxygens (including phenoxy) is 1. The van der Waals surface area contributed by atoms with Crippen LogP contribution in [0.25, 0.3) is 0 Å². The fourth-order valence-corrected chi connectivity index (χ4v) is 2.07. The van der Waals surface area contributed by atoms with E-state index < -0.39 is 0 Å². The molecule has 1 heterocycles. The number of hydrogen-bond acceptors (Lipinski definition) is 5. The van der Waals surface area contributed by atoms with Gasteiger partial charge in [0.15, 0.2) is 12.3 Å². The molecule has 0 bridgehead atoms. The number of carbonyl (C=O) groups is 1. The van der Waals surface area contributed by atoms with Crippen molar-refractivity contribution < 1.29 is 23.7 Å². The van der Waals surface area contributed by atoms with Gasteiger partial charge >= 0.3 is 17.7 Å². The first-order chi connectivity index (χ1) is 11.5. The van der Waals surface area contributed by atoms with Gasteiger partial charge in [0, 0.05) is 13.1 Å². The maximum Gasteiger partial charge on any atom is 0.338 e. The molecule has 0 saturated carbocycles. The highest BCUT2D eigenvalue weighted by molar-refractivity contribution is 6.10. The number of benzene rings is 1. The van der Waals surface area contributed by atoms with Crippen molar-refractivity contribution in [1.29, 1.82) is 0 Å². The summed E-state index contributed by atoms with van der Waals surface area (Å²) in [6.45, 7) is 3.96. The molecular weight excluding hydrogens is 332 g/mol. The van der Waals surface area contributed by atoms with Crippen molar-refractivity contribution in [2.75, 3.05) is 6.61 Å². The Labute approximate surface area is 145 Å². The molecule has 1 aromatic carbocycles. The zero-order valence-corrected chi connectivity index (χ0v) is 14.2. The molecule has 0 unspecified atom stereocenters. The third-order valence-corrected chi connectivity index (χ3v) is 3.55. The Balaban J connectivity index is 2.03. The molecule has 0 radical (unpaired) electrons. The number of nitrogens with zero attached hydrogens (tertiary/aromatic N) is 2. The Morgan fingerprint density at radius 1 is 1.29 bits per heavy atom. The number of aromatic nitrogens is 1. The number of hydrogen-bond donors (Lipinski definition) is 1. The van der Waals surface area contributed by atoms with Crippen LogP contribution in [0.4, 0.5) is 0 Å². The first-order valence-corrected chi connectivity index (χ1v) is 7.69. The zero-order chi connectivity index (χ0) is 17.5. The number of rotatable bonds is 6. The van der Waals surface area contributed by atoms with Crippen LogP contribution in [0.15, 0.2) is 42.6 Å². The largest absolute Gasteiger partial charge is 0.505 e. The first-order valence-electron chi connectivity index (χ1n) is 7.35. The molecule has 0 aliphatic rings. The van der Waals surface area contributed by atoms with Crippen LogP contribution in [-0.4, -0.2) is 32.6 Å². The minimum Gasteiger partial charge on any atom is -0.505 e. The standard InChI is InChI=1S/C17H17ClN2O4/c1-3-23-17(22)14-8-6-13(7-9-14)11-24-20(18)12(2)16-15(21)5-4-10-19-16/h4-10H,3,11H2,1-2H3/p+1. The molecule has 1 aromatic heterocycles. The number of halogens is 1. The maximum absolute atomic E-state index is 11.6. The van der Waals surface area contributed by atoms with Gasteiger partial charge in [0.2, 0.25) is 0 Å². The van der Waals surface area contributed by atoms with E-state index in [0.717, 1.165) is 9.82 Å². The lowest BCUT2D eigenvalue weighted by Gasteiger charge is -2.03. The molecule has 126 valence electrons. The first kappa shape index (κ1) is 17.7. The van der Waals surface area contributed by atoms with E-state index in [1.807, 2.05) is 0 Å². The predicted molar refractivity (Wildman–Crippen MR) is 89.0 cm³/mol. The number of pyridine rings is 1. The molecule has 0 saturated heterocycles. The van der Waals surface area contributed by atoms with Gasteiger partial charge in [0.1, 0.15) is 5.75 Å². The van der Waals surface area contributed by atoms with E-state index >= 15 is 0 Å². The van der Waals surface area contributed by atoms with Gasteiger partial charge in [-0.05, 0) is 36.8 Å². The number of esters is 1. The summed E-state index contributed by atoms with van der Waals surface area (Å²) in [6, 6.07) is 9.98. The third kappa shape index (κ3) is 4.45. The summed E-state index contributed by atoms with van der Waals surface area (Å²) in [5, 5.41) is 9.77. The number of carbonyl (C=O) groups excluding carboxylic acids is 1. The summed E-state index contributed by atoms with van der Waals surface area (Å²) in [7, 11) is 0. The van der Waals surface area contributed by atoms with E-state index in [2.05, 4.69) is 4.98 Å².